The van der Waals surface area contributed by atoms with Gasteiger partial charge in [-0.25, -0.2) is 13.4 Å². The van der Waals surface area contributed by atoms with Crippen LogP contribution in [0.3, 0.4) is 0 Å². The van der Waals surface area contributed by atoms with E-state index in [9.17, 15) is 18.0 Å². The Morgan fingerprint density at radius 2 is 2.11 bits per heavy atom. The zero-order chi connectivity index (χ0) is 19.6. The van der Waals surface area contributed by atoms with Crippen LogP contribution in [-0.4, -0.2) is 41.3 Å². The van der Waals surface area contributed by atoms with E-state index in [-0.39, 0.29) is 0 Å². The number of benzene rings is 1. The lowest BCUT2D eigenvalue weighted by Crippen LogP contribution is -2.28. The fourth-order valence-electron chi connectivity index (χ4n) is 2.23. The number of nitrogens with one attached hydrogen (secondary N) is 1. The van der Waals surface area contributed by atoms with E-state index in [2.05, 4.69) is 15.3 Å². The first-order valence-electron chi connectivity index (χ1n) is 7.46. The van der Waals surface area contributed by atoms with Gasteiger partial charge in [0.05, 0.1) is 10.2 Å². The van der Waals surface area contributed by atoms with Crippen molar-refractivity contribution in [1.82, 2.24) is 9.55 Å². The standard InChI is InChI=1S/C15H13ClN4O4S3/c1-20-10-3-2-9(16)6-11(10)26-15(20)19-13(22)8-27(23,24)7-12(21)18-14-17-4-5-25-14/h2-6H,7-8H2,1H3,(H,17,18,21). The largest absolute Gasteiger partial charge is 0.319 e. The van der Waals surface area contributed by atoms with Gasteiger partial charge in [0, 0.05) is 23.6 Å². The molecule has 27 heavy (non-hydrogen) atoms. The average Bonchev–Trinajstić information content (AvgIpc) is 3.14. The van der Waals surface area contributed by atoms with Crippen molar-refractivity contribution < 1.29 is 18.0 Å². The zero-order valence-corrected chi connectivity index (χ0v) is 17.1. The summed E-state index contributed by atoms with van der Waals surface area (Å²) in [4.78, 5) is 31.9. The maximum Gasteiger partial charge on any atom is 0.263 e. The molecule has 8 nitrogen and oxygen atoms in total. The second-order valence-electron chi connectivity index (χ2n) is 5.48. The smallest absolute Gasteiger partial charge is 0.263 e. The number of hydrogen-bond donors (Lipinski definition) is 1. The SMILES string of the molecule is Cn1c(=NC(=O)CS(=O)(=O)CC(=O)Nc2nccs2)sc2cc(Cl)ccc21. The second-order valence-corrected chi connectivity index (χ2v) is 9.88. The Morgan fingerprint density at radius 1 is 1.33 bits per heavy atom. The van der Waals surface area contributed by atoms with Crippen LogP contribution in [0.2, 0.25) is 5.02 Å². The van der Waals surface area contributed by atoms with Gasteiger partial charge in [0.15, 0.2) is 19.8 Å². The number of halogens is 1. The summed E-state index contributed by atoms with van der Waals surface area (Å²) in [6.07, 6.45) is 1.48. The van der Waals surface area contributed by atoms with Gasteiger partial charge in [-0.1, -0.05) is 22.9 Å². The highest BCUT2D eigenvalue weighted by Gasteiger charge is 2.21. The molecular formula is C15H13ClN4O4S3. The van der Waals surface area contributed by atoms with E-state index in [1.165, 1.54) is 17.5 Å². The second kappa shape index (κ2) is 7.89. The van der Waals surface area contributed by atoms with Crippen LogP contribution in [0.15, 0.2) is 34.8 Å². The molecule has 0 aliphatic heterocycles. The number of aryl methyl sites for hydroxylation is 1. The van der Waals surface area contributed by atoms with Crippen LogP contribution in [0, 0.1) is 0 Å². The van der Waals surface area contributed by atoms with Crippen LogP contribution in [0.5, 0.6) is 0 Å². The highest BCUT2D eigenvalue weighted by Crippen LogP contribution is 2.21. The Balaban J connectivity index is 1.73. The summed E-state index contributed by atoms with van der Waals surface area (Å²) in [5.41, 5.74) is 0.821. The molecular weight excluding hydrogens is 432 g/mol. The maximum atomic E-state index is 12.1. The average molecular weight is 445 g/mol. The Morgan fingerprint density at radius 3 is 2.81 bits per heavy atom. The van der Waals surface area contributed by atoms with E-state index in [4.69, 9.17) is 11.6 Å². The Labute approximate surface area is 167 Å². The van der Waals surface area contributed by atoms with Gasteiger partial charge < -0.3 is 9.88 Å². The van der Waals surface area contributed by atoms with Gasteiger partial charge in [-0.3, -0.25) is 9.59 Å². The molecule has 1 N–H and O–H groups in total. The number of aromatic nitrogens is 2. The van der Waals surface area contributed by atoms with Crippen molar-refractivity contribution in [2.24, 2.45) is 12.0 Å². The Bertz CT molecular complexity index is 1180. The highest BCUT2D eigenvalue weighted by atomic mass is 35.5. The molecule has 3 aromatic rings. The first-order chi connectivity index (χ1) is 12.7. The van der Waals surface area contributed by atoms with E-state index < -0.39 is 33.2 Å². The molecule has 0 spiro atoms. The van der Waals surface area contributed by atoms with Gasteiger partial charge in [0.25, 0.3) is 5.91 Å². The van der Waals surface area contributed by atoms with Crippen molar-refractivity contribution in [1.29, 1.82) is 0 Å². The molecule has 0 aliphatic carbocycles. The third-order valence-electron chi connectivity index (χ3n) is 3.36. The third-order valence-corrected chi connectivity index (χ3v) is 6.77. The number of sulfone groups is 1. The molecule has 0 aliphatic rings. The molecule has 0 saturated heterocycles. The normalized spacial score (nSPS) is 12.4. The van der Waals surface area contributed by atoms with Gasteiger partial charge in [0.2, 0.25) is 5.91 Å². The molecule has 2 amide bonds. The summed E-state index contributed by atoms with van der Waals surface area (Å²) in [5, 5.41) is 4.86. The van der Waals surface area contributed by atoms with Gasteiger partial charge in [-0.2, -0.15) is 4.99 Å². The van der Waals surface area contributed by atoms with E-state index >= 15 is 0 Å². The first-order valence-corrected chi connectivity index (χ1v) is 11.4. The predicted molar refractivity (Wildman–Crippen MR) is 106 cm³/mol. The summed E-state index contributed by atoms with van der Waals surface area (Å²) >= 11 is 8.33. The van der Waals surface area contributed by atoms with Crippen molar-refractivity contribution in [3.63, 3.8) is 0 Å². The molecule has 142 valence electrons. The summed E-state index contributed by atoms with van der Waals surface area (Å²) in [6, 6.07) is 5.25. The lowest BCUT2D eigenvalue weighted by molar-refractivity contribution is -0.115. The molecule has 1 aromatic carbocycles. The predicted octanol–water partition coefficient (Wildman–Crippen LogP) is 1.83. The van der Waals surface area contributed by atoms with Crippen LogP contribution in [0.4, 0.5) is 5.13 Å². The van der Waals surface area contributed by atoms with E-state index in [0.717, 1.165) is 21.6 Å². The number of carbonyl (C=O) groups excluding carboxylic acids is 2. The van der Waals surface area contributed by atoms with Crippen molar-refractivity contribution in [2.45, 2.75) is 0 Å². The molecule has 3 rings (SSSR count). The maximum absolute atomic E-state index is 12.1. The summed E-state index contributed by atoms with van der Waals surface area (Å²) in [6.45, 7) is 0. The van der Waals surface area contributed by atoms with E-state index in [0.29, 0.717) is 15.0 Å². The highest BCUT2D eigenvalue weighted by molar-refractivity contribution is 7.92. The number of anilines is 1. The summed E-state index contributed by atoms with van der Waals surface area (Å²) < 4.78 is 26.7. The monoisotopic (exact) mass is 444 g/mol. The number of carbonyl (C=O) groups is 2. The van der Waals surface area contributed by atoms with Gasteiger partial charge in [-0.15, -0.1) is 11.3 Å². The Kier molecular flexibility index (Phi) is 5.75. The number of amides is 2. The lowest BCUT2D eigenvalue weighted by atomic mass is 10.3. The molecule has 2 heterocycles. The number of hydrogen-bond acceptors (Lipinski definition) is 7. The molecule has 0 bridgehead atoms. The summed E-state index contributed by atoms with van der Waals surface area (Å²) in [7, 11) is -2.24. The van der Waals surface area contributed by atoms with Crippen LogP contribution < -0.4 is 10.1 Å². The number of nitrogens with zero attached hydrogens (tertiary/aromatic N) is 3. The quantitative estimate of drug-likeness (QED) is 0.645. The van der Waals surface area contributed by atoms with Crippen LogP contribution >= 0.6 is 34.3 Å². The topological polar surface area (TPSA) is 110 Å². The van der Waals surface area contributed by atoms with E-state index in [1.54, 1.807) is 35.2 Å². The van der Waals surface area contributed by atoms with Gasteiger partial charge >= 0.3 is 0 Å². The van der Waals surface area contributed by atoms with Crippen molar-refractivity contribution in [3.8, 4) is 0 Å². The minimum Gasteiger partial charge on any atom is -0.319 e. The van der Waals surface area contributed by atoms with Crippen molar-refractivity contribution >= 4 is 71.3 Å². The fraction of sp³-hybridized carbons (Fsp3) is 0.200. The minimum atomic E-state index is -3.96. The zero-order valence-electron chi connectivity index (χ0n) is 13.9. The fourth-order valence-corrected chi connectivity index (χ4v) is 5.10. The Hall–Kier alpha value is -2.08. The number of fused-ring (bicyclic) bond motifs is 1. The van der Waals surface area contributed by atoms with Gasteiger partial charge in [-0.05, 0) is 18.2 Å². The van der Waals surface area contributed by atoms with Crippen LogP contribution in [0.25, 0.3) is 10.2 Å². The number of thiazole rings is 2. The summed E-state index contributed by atoms with van der Waals surface area (Å²) in [5.74, 6) is -3.26. The molecule has 0 radical (unpaired) electrons. The van der Waals surface area contributed by atoms with E-state index in [1.807, 2.05) is 0 Å². The molecule has 0 fully saturated rings. The lowest BCUT2D eigenvalue weighted by Gasteiger charge is -2.02. The molecule has 2 aromatic heterocycles. The van der Waals surface area contributed by atoms with Crippen LogP contribution in [-0.2, 0) is 26.5 Å². The molecule has 0 atom stereocenters. The molecule has 0 saturated carbocycles. The van der Waals surface area contributed by atoms with Crippen molar-refractivity contribution in [3.05, 3.63) is 39.6 Å². The number of rotatable bonds is 5. The minimum absolute atomic E-state index is 0.294. The third kappa shape index (κ3) is 5.01. The van der Waals surface area contributed by atoms with Crippen molar-refractivity contribution in [2.75, 3.05) is 16.8 Å². The van der Waals surface area contributed by atoms with Crippen LogP contribution in [0.1, 0.15) is 0 Å². The molecule has 0 unspecified atom stereocenters. The van der Waals surface area contributed by atoms with Gasteiger partial charge in [0.1, 0.15) is 11.5 Å². The molecule has 12 heteroatoms. The first kappa shape index (κ1) is 19.7.